The van der Waals surface area contributed by atoms with E-state index in [-0.39, 0.29) is 18.0 Å². The molecule has 2 amide bonds. The summed E-state index contributed by atoms with van der Waals surface area (Å²) >= 11 is 0. The molecular weight excluding hydrogens is 220 g/mol. The molecule has 1 atom stereocenters. The number of hydrogen-bond donors (Lipinski definition) is 3. The van der Waals surface area contributed by atoms with E-state index in [0.717, 1.165) is 25.7 Å². The molecule has 0 spiro atoms. The quantitative estimate of drug-likeness (QED) is 0.702. The summed E-state index contributed by atoms with van der Waals surface area (Å²) in [6, 6.07) is -0.984. The lowest BCUT2D eigenvalue weighted by molar-refractivity contribution is -0.140. The molecule has 1 saturated carbocycles. The first kappa shape index (κ1) is 13.8. The van der Waals surface area contributed by atoms with Crippen LogP contribution in [0.1, 0.15) is 46.0 Å². The van der Waals surface area contributed by atoms with Crippen LogP contribution in [0.2, 0.25) is 0 Å². The second-order valence-electron chi connectivity index (χ2n) is 5.01. The van der Waals surface area contributed by atoms with Crippen LogP contribution in [0.3, 0.4) is 0 Å². The van der Waals surface area contributed by atoms with Crippen LogP contribution >= 0.6 is 0 Å². The van der Waals surface area contributed by atoms with Crippen molar-refractivity contribution in [1.29, 1.82) is 0 Å². The van der Waals surface area contributed by atoms with Gasteiger partial charge < -0.3 is 15.7 Å². The van der Waals surface area contributed by atoms with E-state index >= 15 is 0 Å². The number of carboxylic acids is 1. The molecule has 1 aliphatic rings. The van der Waals surface area contributed by atoms with Crippen LogP contribution in [0.5, 0.6) is 0 Å². The number of aliphatic carboxylic acids is 1. The van der Waals surface area contributed by atoms with Crippen molar-refractivity contribution in [2.75, 3.05) is 0 Å². The highest BCUT2D eigenvalue weighted by Crippen LogP contribution is 2.17. The van der Waals surface area contributed by atoms with E-state index in [1.54, 1.807) is 13.8 Å². The Bertz CT molecular complexity index is 273. The Balaban J connectivity index is 2.38. The maximum Gasteiger partial charge on any atom is 0.326 e. The second kappa shape index (κ2) is 6.47. The molecule has 0 aromatic carbocycles. The van der Waals surface area contributed by atoms with E-state index < -0.39 is 12.0 Å². The van der Waals surface area contributed by atoms with Crippen LogP contribution in [0.4, 0.5) is 4.79 Å². The Hall–Kier alpha value is -1.26. The van der Waals surface area contributed by atoms with Gasteiger partial charge in [0, 0.05) is 6.04 Å². The van der Waals surface area contributed by atoms with Gasteiger partial charge in [-0.1, -0.05) is 33.1 Å². The second-order valence-corrected chi connectivity index (χ2v) is 5.01. The Kier molecular flexibility index (Phi) is 5.25. The first-order valence-corrected chi connectivity index (χ1v) is 6.30. The summed E-state index contributed by atoms with van der Waals surface area (Å²) < 4.78 is 0. The zero-order valence-electron chi connectivity index (χ0n) is 10.5. The van der Waals surface area contributed by atoms with Crippen molar-refractivity contribution in [2.45, 2.75) is 58.0 Å². The van der Waals surface area contributed by atoms with Gasteiger partial charge in [0.05, 0.1) is 0 Å². The SMILES string of the molecule is CC(C)[C@@H](NC(=O)NC1CCCCC1)C(=O)O. The van der Waals surface area contributed by atoms with Crippen molar-refractivity contribution >= 4 is 12.0 Å². The highest BCUT2D eigenvalue weighted by atomic mass is 16.4. The summed E-state index contributed by atoms with van der Waals surface area (Å²) in [5, 5.41) is 14.3. The average Bonchev–Trinajstić information content (AvgIpc) is 2.26. The minimum atomic E-state index is -0.987. The topological polar surface area (TPSA) is 78.4 Å². The van der Waals surface area contributed by atoms with Crippen molar-refractivity contribution in [3.63, 3.8) is 0 Å². The molecule has 1 rings (SSSR count). The summed E-state index contributed by atoms with van der Waals surface area (Å²) in [7, 11) is 0. The molecule has 98 valence electrons. The third kappa shape index (κ3) is 4.63. The van der Waals surface area contributed by atoms with Crippen molar-refractivity contribution in [2.24, 2.45) is 5.92 Å². The molecule has 0 saturated heterocycles. The molecule has 0 radical (unpaired) electrons. The van der Waals surface area contributed by atoms with Crippen LogP contribution < -0.4 is 10.6 Å². The zero-order chi connectivity index (χ0) is 12.8. The van der Waals surface area contributed by atoms with Gasteiger partial charge >= 0.3 is 12.0 Å². The first-order valence-electron chi connectivity index (χ1n) is 6.30. The molecule has 5 nitrogen and oxygen atoms in total. The third-order valence-electron chi connectivity index (χ3n) is 3.16. The maximum absolute atomic E-state index is 11.6. The first-order chi connectivity index (χ1) is 8.00. The van der Waals surface area contributed by atoms with Gasteiger partial charge in [-0.3, -0.25) is 0 Å². The Morgan fingerprint density at radius 3 is 2.24 bits per heavy atom. The van der Waals surface area contributed by atoms with Crippen LogP contribution in [0.15, 0.2) is 0 Å². The Morgan fingerprint density at radius 2 is 1.76 bits per heavy atom. The van der Waals surface area contributed by atoms with Gasteiger partial charge in [0.1, 0.15) is 6.04 Å². The average molecular weight is 242 g/mol. The minimum Gasteiger partial charge on any atom is -0.480 e. The molecule has 1 fully saturated rings. The zero-order valence-corrected chi connectivity index (χ0v) is 10.5. The number of nitrogens with one attached hydrogen (secondary N) is 2. The Labute approximate surface area is 102 Å². The molecule has 17 heavy (non-hydrogen) atoms. The lowest BCUT2D eigenvalue weighted by atomic mass is 9.96. The number of carbonyl (C=O) groups is 2. The monoisotopic (exact) mass is 242 g/mol. The molecule has 0 aliphatic heterocycles. The third-order valence-corrected chi connectivity index (χ3v) is 3.16. The molecule has 0 bridgehead atoms. The fourth-order valence-corrected chi connectivity index (χ4v) is 2.13. The number of carbonyl (C=O) groups excluding carboxylic acids is 1. The van der Waals surface area contributed by atoms with Crippen molar-refractivity contribution < 1.29 is 14.7 Å². The van der Waals surface area contributed by atoms with Crippen molar-refractivity contribution in [3.05, 3.63) is 0 Å². The van der Waals surface area contributed by atoms with Crippen LogP contribution in [0.25, 0.3) is 0 Å². The number of hydrogen-bond acceptors (Lipinski definition) is 2. The van der Waals surface area contributed by atoms with Crippen molar-refractivity contribution in [1.82, 2.24) is 10.6 Å². The summed E-state index contributed by atoms with van der Waals surface area (Å²) in [6.45, 7) is 3.55. The molecule has 0 aromatic rings. The fourth-order valence-electron chi connectivity index (χ4n) is 2.13. The fraction of sp³-hybridized carbons (Fsp3) is 0.833. The minimum absolute atomic E-state index is 0.121. The highest BCUT2D eigenvalue weighted by molar-refractivity contribution is 5.82. The van der Waals surface area contributed by atoms with E-state index in [4.69, 9.17) is 5.11 Å². The van der Waals surface area contributed by atoms with Gasteiger partial charge in [-0.25, -0.2) is 9.59 Å². The maximum atomic E-state index is 11.6. The van der Waals surface area contributed by atoms with Gasteiger partial charge in [0.25, 0.3) is 0 Å². The highest BCUT2D eigenvalue weighted by Gasteiger charge is 2.24. The van der Waals surface area contributed by atoms with Gasteiger partial charge in [0.15, 0.2) is 0 Å². The number of amides is 2. The molecule has 0 unspecified atom stereocenters. The molecular formula is C12H22N2O3. The lowest BCUT2D eigenvalue weighted by Crippen LogP contribution is -2.51. The molecule has 1 aliphatic carbocycles. The predicted molar refractivity (Wildman–Crippen MR) is 64.8 cm³/mol. The van der Waals surface area contributed by atoms with Gasteiger partial charge in [0.2, 0.25) is 0 Å². The molecule has 0 heterocycles. The van der Waals surface area contributed by atoms with Gasteiger partial charge in [-0.05, 0) is 18.8 Å². The predicted octanol–water partition coefficient (Wildman–Crippen LogP) is 1.73. The van der Waals surface area contributed by atoms with E-state index in [9.17, 15) is 9.59 Å². The largest absolute Gasteiger partial charge is 0.480 e. The van der Waals surface area contributed by atoms with E-state index in [1.807, 2.05) is 0 Å². The summed E-state index contributed by atoms with van der Waals surface area (Å²) in [5.74, 6) is -1.11. The van der Waals surface area contributed by atoms with Crippen LogP contribution in [-0.4, -0.2) is 29.2 Å². The van der Waals surface area contributed by atoms with Gasteiger partial charge in [-0.15, -0.1) is 0 Å². The lowest BCUT2D eigenvalue weighted by Gasteiger charge is -2.25. The van der Waals surface area contributed by atoms with Crippen LogP contribution in [-0.2, 0) is 4.79 Å². The standard InChI is InChI=1S/C12H22N2O3/c1-8(2)10(11(15)16)14-12(17)13-9-6-4-3-5-7-9/h8-10H,3-7H2,1-2H3,(H,15,16)(H2,13,14,17)/t10-/m1/s1. The smallest absolute Gasteiger partial charge is 0.326 e. The summed E-state index contributed by atoms with van der Waals surface area (Å²) in [5.41, 5.74) is 0. The number of rotatable bonds is 4. The summed E-state index contributed by atoms with van der Waals surface area (Å²) in [4.78, 5) is 22.6. The van der Waals surface area contributed by atoms with E-state index in [2.05, 4.69) is 10.6 Å². The molecule has 0 aromatic heterocycles. The Morgan fingerprint density at radius 1 is 1.18 bits per heavy atom. The number of urea groups is 1. The molecule has 3 N–H and O–H groups in total. The number of carboxylic acid groups (broad SMARTS) is 1. The molecule has 5 heteroatoms. The summed E-state index contributed by atoms with van der Waals surface area (Å²) in [6.07, 6.45) is 5.48. The van der Waals surface area contributed by atoms with E-state index in [1.165, 1.54) is 6.42 Å². The van der Waals surface area contributed by atoms with Gasteiger partial charge in [-0.2, -0.15) is 0 Å². The normalized spacial score (nSPS) is 18.8. The van der Waals surface area contributed by atoms with E-state index in [0.29, 0.717) is 0 Å². The van der Waals surface area contributed by atoms with Crippen LogP contribution in [0, 0.1) is 5.92 Å². The van der Waals surface area contributed by atoms with Crippen molar-refractivity contribution in [3.8, 4) is 0 Å².